The molecule has 138 valence electrons. The van der Waals surface area contributed by atoms with Crippen LogP contribution in [0.5, 0.6) is 0 Å². The number of halogens is 1. The molecule has 1 aromatic carbocycles. The van der Waals surface area contributed by atoms with Crippen LogP contribution in [-0.2, 0) is 4.79 Å². The van der Waals surface area contributed by atoms with Crippen LogP contribution in [0.2, 0.25) is 0 Å². The van der Waals surface area contributed by atoms with Crippen LogP contribution < -0.4 is 0 Å². The van der Waals surface area contributed by atoms with Gasteiger partial charge < -0.3 is 9.80 Å². The van der Waals surface area contributed by atoms with E-state index in [9.17, 15) is 14.0 Å². The fourth-order valence-corrected chi connectivity index (χ4v) is 5.06. The number of hydrogen-bond acceptors (Lipinski definition) is 4. The number of nitrogens with zero attached hydrogens (tertiary/aromatic N) is 2. The Morgan fingerprint density at radius 1 is 1.35 bits per heavy atom. The van der Waals surface area contributed by atoms with Crippen LogP contribution in [0.3, 0.4) is 0 Å². The summed E-state index contributed by atoms with van der Waals surface area (Å²) < 4.78 is 13.3. The smallest absolute Gasteiger partial charge is 0.253 e. The molecule has 0 saturated carbocycles. The van der Waals surface area contributed by atoms with E-state index in [1.165, 1.54) is 18.2 Å². The van der Waals surface area contributed by atoms with Gasteiger partial charge in [0.1, 0.15) is 11.2 Å². The molecule has 1 aliphatic heterocycles. The lowest BCUT2D eigenvalue weighted by atomic mass is 10.2. The van der Waals surface area contributed by atoms with Gasteiger partial charge in [-0.15, -0.1) is 11.8 Å². The molecule has 2 heterocycles. The number of hydrogen-bond donors (Lipinski definition) is 0. The average molecular weight is 393 g/mol. The van der Waals surface area contributed by atoms with E-state index in [1.54, 1.807) is 41.1 Å². The number of carbonyl (C=O) groups is 2. The predicted molar refractivity (Wildman–Crippen MR) is 104 cm³/mol. The first kappa shape index (κ1) is 18.9. The summed E-state index contributed by atoms with van der Waals surface area (Å²) >= 11 is 3.29. The largest absolute Gasteiger partial charge is 0.342 e. The standard InChI is InChI=1S/C19H21FN2O2S2/c1-13-17(23)22(19(26-13)15-7-10-25-12-15)9-4-8-21(2)18(24)14-5-3-6-16(20)11-14/h3,5-7,10-13,19H,4,8-9H2,1-2H3/t13-,19-/m1/s1. The van der Waals surface area contributed by atoms with Gasteiger partial charge in [0.05, 0.1) is 5.25 Å². The summed E-state index contributed by atoms with van der Waals surface area (Å²) in [7, 11) is 1.70. The first-order chi connectivity index (χ1) is 12.5. The van der Waals surface area contributed by atoms with Crippen LogP contribution in [0.4, 0.5) is 4.39 Å². The average Bonchev–Trinajstić information content (AvgIpc) is 3.24. The molecule has 2 amide bonds. The summed E-state index contributed by atoms with van der Waals surface area (Å²) in [4.78, 5) is 28.3. The van der Waals surface area contributed by atoms with Crippen LogP contribution in [0.1, 0.15) is 34.6 Å². The van der Waals surface area contributed by atoms with Gasteiger partial charge in [-0.05, 0) is 53.9 Å². The van der Waals surface area contributed by atoms with E-state index in [-0.39, 0.29) is 22.4 Å². The molecule has 2 atom stereocenters. The second-order valence-corrected chi connectivity index (χ2v) is 8.52. The highest BCUT2D eigenvalue weighted by atomic mass is 32.2. The zero-order valence-corrected chi connectivity index (χ0v) is 16.4. The van der Waals surface area contributed by atoms with E-state index in [1.807, 2.05) is 17.2 Å². The first-order valence-electron chi connectivity index (χ1n) is 8.46. The SMILES string of the molecule is C[C@H]1S[C@H](c2ccsc2)N(CCCN(C)C(=O)c2cccc(F)c2)C1=O. The lowest BCUT2D eigenvalue weighted by molar-refractivity contribution is -0.129. The lowest BCUT2D eigenvalue weighted by Crippen LogP contribution is -2.34. The molecule has 0 unspecified atom stereocenters. The molecule has 2 aromatic rings. The molecule has 4 nitrogen and oxygen atoms in total. The third-order valence-electron chi connectivity index (χ3n) is 4.39. The van der Waals surface area contributed by atoms with Crippen molar-refractivity contribution in [2.24, 2.45) is 0 Å². The summed E-state index contributed by atoms with van der Waals surface area (Å²) in [6, 6.07) is 7.76. The van der Waals surface area contributed by atoms with Crippen LogP contribution >= 0.6 is 23.1 Å². The number of thiophene rings is 1. The van der Waals surface area contributed by atoms with Crippen molar-refractivity contribution in [2.45, 2.75) is 24.0 Å². The van der Waals surface area contributed by atoms with Crippen molar-refractivity contribution in [1.82, 2.24) is 9.80 Å². The van der Waals surface area contributed by atoms with Crippen molar-refractivity contribution in [3.05, 3.63) is 58.0 Å². The second kappa shape index (κ2) is 8.22. The zero-order chi connectivity index (χ0) is 18.7. The minimum Gasteiger partial charge on any atom is -0.342 e. The molecule has 0 N–H and O–H groups in total. The van der Waals surface area contributed by atoms with Crippen LogP contribution in [0, 0.1) is 5.82 Å². The second-order valence-electron chi connectivity index (χ2n) is 6.31. The summed E-state index contributed by atoms with van der Waals surface area (Å²) in [6.07, 6.45) is 0.678. The van der Waals surface area contributed by atoms with Crippen LogP contribution in [0.15, 0.2) is 41.1 Å². The lowest BCUT2D eigenvalue weighted by Gasteiger charge is -2.25. The first-order valence-corrected chi connectivity index (χ1v) is 10.3. The Hall–Kier alpha value is -1.86. The quantitative estimate of drug-likeness (QED) is 0.746. The number of thioether (sulfide) groups is 1. The van der Waals surface area contributed by atoms with E-state index in [2.05, 4.69) is 11.4 Å². The number of benzene rings is 1. The molecule has 7 heteroatoms. The van der Waals surface area contributed by atoms with E-state index < -0.39 is 5.82 Å². The Morgan fingerprint density at radius 2 is 2.15 bits per heavy atom. The van der Waals surface area contributed by atoms with Gasteiger partial charge in [-0.25, -0.2) is 4.39 Å². The Bertz CT molecular complexity index is 782. The molecule has 1 aromatic heterocycles. The van der Waals surface area contributed by atoms with Gasteiger partial charge in [0.15, 0.2) is 0 Å². The summed E-state index contributed by atoms with van der Waals surface area (Å²) in [5.74, 6) is -0.490. The fourth-order valence-electron chi connectivity index (χ4n) is 3.00. The van der Waals surface area contributed by atoms with E-state index in [4.69, 9.17) is 0 Å². The maximum atomic E-state index is 13.3. The number of carbonyl (C=O) groups excluding carboxylic acids is 2. The van der Waals surface area contributed by atoms with Gasteiger partial charge in [-0.3, -0.25) is 9.59 Å². The van der Waals surface area contributed by atoms with Crippen molar-refractivity contribution in [3.8, 4) is 0 Å². The highest BCUT2D eigenvalue weighted by Crippen LogP contribution is 2.43. The topological polar surface area (TPSA) is 40.6 Å². The summed E-state index contributed by atoms with van der Waals surface area (Å²) in [5, 5.41) is 4.10. The summed E-state index contributed by atoms with van der Waals surface area (Å²) in [5.41, 5.74) is 1.49. The normalized spacial score (nSPS) is 19.8. The minimum absolute atomic E-state index is 0.0491. The maximum Gasteiger partial charge on any atom is 0.253 e. The van der Waals surface area contributed by atoms with Crippen molar-refractivity contribution in [2.75, 3.05) is 20.1 Å². The maximum absolute atomic E-state index is 13.3. The molecule has 0 bridgehead atoms. The Kier molecular flexibility index (Phi) is 5.98. The van der Waals surface area contributed by atoms with Crippen LogP contribution in [-0.4, -0.2) is 47.0 Å². The van der Waals surface area contributed by atoms with Crippen molar-refractivity contribution >= 4 is 34.9 Å². The highest BCUT2D eigenvalue weighted by Gasteiger charge is 2.38. The molecule has 1 fully saturated rings. The molecular formula is C19H21FN2O2S2. The van der Waals surface area contributed by atoms with Crippen molar-refractivity contribution in [1.29, 1.82) is 0 Å². The van der Waals surface area contributed by atoms with Gasteiger partial charge in [-0.1, -0.05) is 6.07 Å². The number of amides is 2. The monoisotopic (exact) mass is 392 g/mol. The van der Waals surface area contributed by atoms with E-state index in [0.717, 1.165) is 5.56 Å². The predicted octanol–water partition coefficient (Wildman–Crippen LogP) is 4.01. The molecule has 1 aliphatic rings. The third-order valence-corrected chi connectivity index (χ3v) is 6.48. The summed E-state index contributed by atoms with van der Waals surface area (Å²) in [6.45, 7) is 3.04. The highest BCUT2D eigenvalue weighted by molar-refractivity contribution is 8.01. The van der Waals surface area contributed by atoms with Crippen LogP contribution in [0.25, 0.3) is 0 Å². The zero-order valence-electron chi connectivity index (χ0n) is 14.7. The molecule has 0 spiro atoms. The van der Waals surface area contributed by atoms with Crippen molar-refractivity contribution in [3.63, 3.8) is 0 Å². The minimum atomic E-state index is -0.420. The molecule has 1 saturated heterocycles. The molecule has 0 radical (unpaired) electrons. The van der Waals surface area contributed by atoms with Gasteiger partial charge in [0.25, 0.3) is 5.91 Å². The Balaban J connectivity index is 1.57. The molecule has 26 heavy (non-hydrogen) atoms. The number of rotatable bonds is 6. The van der Waals surface area contributed by atoms with Gasteiger partial charge >= 0.3 is 0 Å². The Labute approximate surface area is 161 Å². The van der Waals surface area contributed by atoms with Gasteiger partial charge in [0.2, 0.25) is 5.91 Å². The fraction of sp³-hybridized carbons (Fsp3) is 0.368. The molecular weight excluding hydrogens is 371 g/mol. The van der Waals surface area contributed by atoms with Gasteiger partial charge in [-0.2, -0.15) is 11.3 Å². The third kappa shape index (κ3) is 4.10. The molecule has 3 rings (SSSR count). The Morgan fingerprint density at radius 3 is 2.85 bits per heavy atom. The van der Waals surface area contributed by atoms with E-state index >= 15 is 0 Å². The van der Waals surface area contributed by atoms with Crippen molar-refractivity contribution < 1.29 is 14.0 Å². The van der Waals surface area contributed by atoms with E-state index in [0.29, 0.717) is 25.1 Å². The molecule has 0 aliphatic carbocycles. The van der Waals surface area contributed by atoms with Gasteiger partial charge in [0, 0.05) is 25.7 Å².